The second kappa shape index (κ2) is 10.2. The van der Waals surface area contributed by atoms with E-state index in [1.165, 1.54) is 12.3 Å². The molecular weight excluding hydrogens is 461 g/mol. The molecule has 1 unspecified atom stereocenters. The molecule has 0 radical (unpaired) electrons. The fraction of sp³-hybridized carbons (Fsp3) is 0.458. The van der Waals surface area contributed by atoms with Crippen LogP contribution < -0.4 is 5.73 Å². The molecule has 0 saturated carbocycles. The number of aromatic nitrogens is 3. The van der Waals surface area contributed by atoms with E-state index < -0.39 is 11.4 Å². The number of aliphatic hydroxyl groups excluding tert-OH is 1. The molecule has 0 spiro atoms. The third-order valence-electron chi connectivity index (χ3n) is 5.44. The van der Waals surface area contributed by atoms with Gasteiger partial charge in [0, 0.05) is 18.2 Å². The number of rotatable bonds is 3. The first-order chi connectivity index (χ1) is 16.0. The predicted molar refractivity (Wildman–Crippen MR) is 129 cm³/mol. The van der Waals surface area contributed by atoms with E-state index in [2.05, 4.69) is 9.97 Å². The minimum Gasteiger partial charge on any atom is -0.391 e. The molecular formula is C24H29ClFN5O3. The van der Waals surface area contributed by atoms with Crippen LogP contribution in [0.2, 0.25) is 5.02 Å². The molecule has 0 amide bonds. The SMILES string of the molecule is CC(C)n1c(C(C)(C)O)c(C#N)c2c(F)cc(-c3nc(N)ncc3Cl)cc21.OC1CCCOC1. The van der Waals surface area contributed by atoms with Crippen LogP contribution in [0.5, 0.6) is 0 Å². The average Bonchev–Trinajstić information content (AvgIpc) is 3.12. The molecule has 2 aromatic heterocycles. The third-order valence-corrected chi connectivity index (χ3v) is 5.71. The van der Waals surface area contributed by atoms with E-state index in [1.54, 1.807) is 24.5 Å². The summed E-state index contributed by atoms with van der Waals surface area (Å²) in [6.07, 6.45) is 3.10. The van der Waals surface area contributed by atoms with Gasteiger partial charge in [-0.1, -0.05) is 11.6 Å². The van der Waals surface area contributed by atoms with E-state index >= 15 is 4.39 Å². The zero-order valence-electron chi connectivity index (χ0n) is 19.6. The number of nitrogens with two attached hydrogens (primary N) is 1. The van der Waals surface area contributed by atoms with Crippen molar-refractivity contribution in [3.8, 4) is 17.3 Å². The summed E-state index contributed by atoms with van der Waals surface area (Å²) < 4.78 is 21.8. The molecule has 1 aliphatic rings. The van der Waals surface area contributed by atoms with E-state index in [0.717, 1.165) is 19.4 Å². The molecule has 1 saturated heterocycles. The standard InChI is InChI=1S/C19H19ClFN5O.C5H10O2/c1-9(2)26-14-6-10(16-12(20)8-24-18(23)25-16)5-13(21)15(14)11(7-22)17(26)19(3,4)27;6-5-2-1-3-7-4-5/h5-6,8-9,27H,1-4H3,(H2,23,24,25);5-6H,1-4H2. The highest BCUT2D eigenvalue weighted by atomic mass is 35.5. The monoisotopic (exact) mass is 489 g/mol. The number of aliphatic hydroxyl groups is 2. The number of nitrogen functional groups attached to an aromatic ring is 1. The van der Waals surface area contributed by atoms with Gasteiger partial charge in [0.05, 0.1) is 51.8 Å². The van der Waals surface area contributed by atoms with Gasteiger partial charge in [0.25, 0.3) is 0 Å². The van der Waals surface area contributed by atoms with Crippen molar-refractivity contribution in [3.63, 3.8) is 0 Å². The van der Waals surface area contributed by atoms with Crippen molar-refractivity contribution in [1.82, 2.24) is 14.5 Å². The lowest BCUT2D eigenvalue weighted by atomic mass is 9.99. The maximum atomic E-state index is 15.1. The van der Waals surface area contributed by atoms with Crippen LogP contribution in [-0.2, 0) is 10.3 Å². The van der Waals surface area contributed by atoms with Crippen molar-refractivity contribution in [2.45, 2.75) is 58.3 Å². The highest BCUT2D eigenvalue weighted by Gasteiger charge is 2.31. The third kappa shape index (κ3) is 5.31. The molecule has 182 valence electrons. The molecule has 3 heterocycles. The van der Waals surface area contributed by atoms with Gasteiger partial charge in [-0.3, -0.25) is 0 Å². The van der Waals surface area contributed by atoms with Crippen molar-refractivity contribution in [2.75, 3.05) is 18.9 Å². The minimum atomic E-state index is -1.34. The first-order valence-corrected chi connectivity index (χ1v) is 11.4. The van der Waals surface area contributed by atoms with E-state index in [9.17, 15) is 10.4 Å². The number of nitrogens with zero attached hydrogens (tertiary/aromatic N) is 4. The number of hydrogen-bond acceptors (Lipinski definition) is 7. The number of benzene rings is 1. The van der Waals surface area contributed by atoms with Gasteiger partial charge in [0.1, 0.15) is 17.5 Å². The predicted octanol–water partition coefficient (Wildman–Crippen LogP) is 4.31. The van der Waals surface area contributed by atoms with Crippen LogP contribution in [0.15, 0.2) is 18.3 Å². The Balaban J connectivity index is 0.000000396. The van der Waals surface area contributed by atoms with Gasteiger partial charge >= 0.3 is 0 Å². The van der Waals surface area contributed by atoms with E-state index in [-0.39, 0.29) is 34.1 Å². The molecule has 8 nitrogen and oxygen atoms in total. The van der Waals surface area contributed by atoms with Gasteiger partial charge in [0.2, 0.25) is 5.95 Å². The Morgan fingerprint density at radius 3 is 2.59 bits per heavy atom. The number of ether oxygens (including phenoxy) is 1. The van der Waals surface area contributed by atoms with Gasteiger partial charge in [0.15, 0.2) is 0 Å². The Morgan fingerprint density at radius 2 is 2.09 bits per heavy atom. The highest BCUT2D eigenvalue weighted by molar-refractivity contribution is 6.33. The van der Waals surface area contributed by atoms with E-state index in [1.807, 2.05) is 19.9 Å². The number of nitriles is 1. The van der Waals surface area contributed by atoms with Crippen LogP contribution in [0.3, 0.4) is 0 Å². The Kier molecular flexibility index (Phi) is 7.78. The lowest BCUT2D eigenvalue weighted by Crippen LogP contribution is -2.23. The first kappa shape index (κ1) is 25.8. The maximum absolute atomic E-state index is 15.1. The van der Waals surface area contributed by atoms with Crippen LogP contribution in [0, 0.1) is 17.1 Å². The zero-order valence-corrected chi connectivity index (χ0v) is 20.4. The smallest absolute Gasteiger partial charge is 0.220 e. The summed E-state index contributed by atoms with van der Waals surface area (Å²) >= 11 is 6.17. The van der Waals surface area contributed by atoms with Gasteiger partial charge in [-0.25, -0.2) is 14.4 Å². The molecule has 1 atom stereocenters. The second-order valence-corrected chi connectivity index (χ2v) is 9.41. The molecule has 0 aliphatic carbocycles. The lowest BCUT2D eigenvalue weighted by molar-refractivity contribution is -0.00535. The maximum Gasteiger partial charge on any atom is 0.220 e. The molecule has 0 bridgehead atoms. The van der Waals surface area contributed by atoms with Crippen molar-refractivity contribution in [3.05, 3.63) is 40.4 Å². The fourth-order valence-corrected chi connectivity index (χ4v) is 4.28. The second-order valence-electron chi connectivity index (χ2n) is 9.01. The summed E-state index contributed by atoms with van der Waals surface area (Å²) in [5.74, 6) is -0.582. The molecule has 4 rings (SSSR count). The molecule has 1 aromatic carbocycles. The lowest BCUT2D eigenvalue weighted by Gasteiger charge is -2.24. The van der Waals surface area contributed by atoms with Gasteiger partial charge in [-0.15, -0.1) is 0 Å². The Hall–Kier alpha value is -2.77. The van der Waals surface area contributed by atoms with Crippen molar-refractivity contribution < 1.29 is 19.3 Å². The molecule has 3 aromatic rings. The highest BCUT2D eigenvalue weighted by Crippen LogP contribution is 2.39. The van der Waals surface area contributed by atoms with Crippen LogP contribution in [-0.4, -0.2) is 44.1 Å². The Labute approximate surface area is 202 Å². The molecule has 4 N–H and O–H groups in total. The number of halogens is 2. The van der Waals surface area contributed by atoms with Crippen molar-refractivity contribution in [1.29, 1.82) is 5.26 Å². The summed E-state index contributed by atoms with van der Waals surface area (Å²) in [5.41, 5.74) is 5.96. The van der Waals surface area contributed by atoms with E-state index in [4.69, 9.17) is 27.2 Å². The summed E-state index contributed by atoms with van der Waals surface area (Å²) in [6.45, 7) is 8.31. The number of hydrogen-bond donors (Lipinski definition) is 3. The summed E-state index contributed by atoms with van der Waals surface area (Å²) in [5, 5.41) is 29.5. The number of anilines is 1. The van der Waals surface area contributed by atoms with Crippen LogP contribution in [0.4, 0.5) is 10.3 Å². The number of fused-ring (bicyclic) bond motifs is 1. The zero-order chi connectivity index (χ0) is 25.2. The summed E-state index contributed by atoms with van der Waals surface area (Å²) in [6, 6.07) is 4.88. The quantitative estimate of drug-likeness (QED) is 0.499. The minimum absolute atomic E-state index is 0.0176. The van der Waals surface area contributed by atoms with Gasteiger partial charge < -0.3 is 25.3 Å². The van der Waals surface area contributed by atoms with Crippen LogP contribution in [0.25, 0.3) is 22.2 Å². The summed E-state index contributed by atoms with van der Waals surface area (Å²) in [4.78, 5) is 7.93. The molecule has 1 aliphatic heterocycles. The molecule has 1 fully saturated rings. The normalized spacial score (nSPS) is 16.3. The Bertz CT molecular complexity index is 1220. The van der Waals surface area contributed by atoms with Crippen molar-refractivity contribution in [2.24, 2.45) is 0 Å². The largest absolute Gasteiger partial charge is 0.391 e. The van der Waals surface area contributed by atoms with Crippen LogP contribution in [0.1, 0.15) is 57.8 Å². The summed E-state index contributed by atoms with van der Waals surface area (Å²) in [7, 11) is 0. The fourth-order valence-electron chi connectivity index (χ4n) is 4.08. The molecule has 10 heteroatoms. The van der Waals surface area contributed by atoms with Gasteiger partial charge in [-0.2, -0.15) is 5.26 Å². The van der Waals surface area contributed by atoms with E-state index in [0.29, 0.717) is 29.1 Å². The molecule has 34 heavy (non-hydrogen) atoms. The van der Waals surface area contributed by atoms with Gasteiger partial charge in [-0.05, 0) is 52.7 Å². The van der Waals surface area contributed by atoms with Crippen LogP contribution >= 0.6 is 11.6 Å². The topological polar surface area (TPSA) is 130 Å². The first-order valence-electron chi connectivity index (χ1n) is 11.0. The average molecular weight is 490 g/mol. The van der Waals surface area contributed by atoms with Crippen molar-refractivity contribution >= 4 is 28.5 Å². The Morgan fingerprint density at radius 1 is 1.38 bits per heavy atom.